The summed E-state index contributed by atoms with van der Waals surface area (Å²) in [5, 5.41) is 6.82. The first-order valence-electron chi connectivity index (χ1n) is 8.57. The van der Waals surface area contributed by atoms with Gasteiger partial charge in [-0.3, -0.25) is 9.89 Å². The van der Waals surface area contributed by atoms with Crippen molar-refractivity contribution in [2.75, 3.05) is 46.9 Å². The molecule has 2 rings (SSSR count). The van der Waals surface area contributed by atoms with Crippen molar-refractivity contribution in [1.82, 2.24) is 15.5 Å². The van der Waals surface area contributed by atoms with E-state index in [1.54, 1.807) is 7.11 Å². The topological polar surface area (TPSA) is 48.9 Å². The van der Waals surface area contributed by atoms with Crippen LogP contribution in [0.1, 0.15) is 30.9 Å². The van der Waals surface area contributed by atoms with Gasteiger partial charge in [-0.2, -0.15) is 0 Å². The lowest BCUT2D eigenvalue weighted by Crippen LogP contribution is -2.43. The van der Waals surface area contributed by atoms with Crippen LogP contribution in [0, 0.1) is 0 Å². The molecular weight excluding hydrogens is 415 g/mol. The molecule has 1 aliphatic heterocycles. The summed E-state index contributed by atoms with van der Waals surface area (Å²) < 4.78 is 5.07. The smallest absolute Gasteiger partial charge is 0.191 e. The summed E-state index contributed by atoms with van der Waals surface area (Å²) in [6.45, 7) is 4.87. The summed E-state index contributed by atoms with van der Waals surface area (Å²) in [7, 11) is 3.55. The Morgan fingerprint density at radius 3 is 2.54 bits per heavy atom. The maximum absolute atomic E-state index is 5.07. The van der Waals surface area contributed by atoms with Crippen molar-refractivity contribution < 1.29 is 4.74 Å². The molecule has 0 saturated carbocycles. The number of nitrogens with zero attached hydrogens (tertiary/aromatic N) is 2. The van der Waals surface area contributed by atoms with E-state index in [2.05, 4.69) is 50.9 Å². The minimum absolute atomic E-state index is 0. The van der Waals surface area contributed by atoms with Crippen molar-refractivity contribution >= 4 is 29.9 Å². The molecule has 6 heteroatoms. The van der Waals surface area contributed by atoms with Crippen LogP contribution in [0.15, 0.2) is 35.3 Å². The average Bonchev–Trinajstić information content (AvgIpc) is 3.12. The van der Waals surface area contributed by atoms with Crippen molar-refractivity contribution in [3.05, 3.63) is 35.9 Å². The maximum Gasteiger partial charge on any atom is 0.191 e. The van der Waals surface area contributed by atoms with Gasteiger partial charge >= 0.3 is 0 Å². The second kappa shape index (κ2) is 12.5. The molecule has 1 fully saturated rings. The predicted octanol–water partition coefficient (Wildman–Crippen LogP) is 2.64. The summed E-state index contributed by atoms with van der Waals surface area (Å²) in [4.78, 5) is 6.88. The second-order valence-corrected chi connectivity index (χ2v) is 5.90. The predicted molar refractivity (Wildman–Crippen MR) is 111 cm³/mol. The van der Waals surface area contributed by atoms with E-state index in [9.17, 15) is 0 Å². The third-order valence-corrected chi connectivity index (χ3v) is 4.27. The van der Waals surface area contributed by atoms with E-state index in [1.807, 2.05) is 7.05 Å². The lowest BCUT2D eigenvalue weighted by Gasteiger charge is -2.29. The van der Waals surface area contributed by atoms with Crippen LogP contribution in [0.5, 0.6) is 0 Å². The number of ether oxygens (including phenoxy) is 1. The summed E-state index contributed by atoms with van der Waals surface area (Å²) in [6.07, 6.45) is 3.58. The molecule has 1 heterocycles. The van der Waals surface area contributed by atoms with Crippen LogP contribution in [0.3, 0.4) is 0 Å². The molecule has 0 amide bonds. The van der Waals surface area contributed by atoms with Crippen molar-refractivity contribution in [2.24, 2.45) is 4.99 Å². The molecule has 1 aliphatic rings. The minimum Gasteiger partial charge on any atom is -0.385 e. The molecule has 5 nitrogen and oxygen atoms in total. The second-order valence-electron chi connectivity index (χ2n) is 5.90. The first-order valence-corrected chi connectivity index (χ1v) is 8.57. The van der Waals surface area contributed by atoms with Gasteiger partial charge in [0, 0.05) is 33.9 Å². The Bertz CT molecular complexity index is 463. The number of likely N-dealkylation sites (tertiary alicyclic amines) is 1. The molecular formula is C18H31IN4O. The summed E-state index contributed by atoms with van der Waals surface area (Å²) >= 11 is 0. The number of methoxy groups -OCH3 is 1. The maximum atomic E-state index is 5.07. The Kier molecular flexibility index (Phi) is 11.0. The molecule has 136 valence electrons. The molecule has 1 aromatic rings. The summed E-state index contributed by atoms with van der Waals surface area (Å²) in [6, 6.07) is 11.2. The van der Waals surface area contributed by atoms with Gasteiger partial charge in [-0.15, -0.1) is 24.0 Å². The van der Waals surface area contributed by atoms with Gasteiger partial charge in [0.05, 0.1) is 6.04 Å². The highest BCUT2D eigenvalue weighted by Crippen LogP contribution is 2.24. The molecule has 0 radical (unpaired) electrons. The van der Waals surface area contributed by atoms with Gasteiger partial charge in [-0.25, -0.2) is 0 Å². The normalized spacial score (nSPS) is 16.5. The minimum atomic E-state index is 0. The largest absolute Gasteiger partial charge is 0.385 e. The number of nitrogens with one attached hydrogen (secondary N) is 2. The molecule has 0 bridgehead atoms. The fraction of sp³-hybridized carbons (Fsp3) is 0.611. The number of guanidine groups is 1. The van der Waals surface area contributed by atoms with Gasteiger partial charge in [0.2, 0.25) is 0 Å². The molecule has 2 N–H and O–H groups in total. The van der Waals surface area contributed by atoms with Gasteiger partial charge in [-0.05, 0) is 37.9 Å². The van der Waals surface area contributed by atoms with E-state index in [0.717, 1.165) is 32.1 Å². The van der Waals surface area contributed by atoms with Gasteiger partial charge in [0.15, 0.2) is 5.96 Å². The molecule has 0 aromatic heterocycles. The number of rotatable bonds is 8. The molecule has 0 spiro atoms. The van der Waals surface area contributed by atoms with Gasteiger partial charge in [-0.1, -0.05) is 30.3 Å². The lowest BCUT2D eigenvalue weighted by atomic mass is 10.1. The Balaban J connectivity index is 0.00000288. The highest BCUT2D eigenvalue weighted by atomic mass is 127. The van der Waals surface area contributed by atoms with Crippen LogP contribution < -0.4 is 10.6 Å². The van der Waals surface area contributed by atoms with Crippen LogP contribution >= 0.6 is 24.0 Å². The van der Waals surface area contributed by atoms with Crippen LogP contribution in [-0.4, -0.2) is 57.8 Å². The molecule has 0 aliphatic carbocycles. The van der Waals surface area contributed by atoms with Crippen LogP contribution in [0.4, 0.5) is 0 Å². The number of hydrogen-bond donors (Lipinski definition) is 2. The highest BCUT2D eigenvalue weighted by Gasteiger charge is 2.23. The molecule has 1 saturated heterocycles. The molecule has 1 atom stereocenters. The monoisotopic (exact) mass is 446 g/mol. The van der Waals surface area contributed by atoms with E-state index in [-0.39, 0.29) is 24.0 Å². The standard InChI is InChI=1S/C18H30N4O.HI/c1-19-18(20-11-8-14-23-2)21-15-17(22-12-6-7-13-22)16-9-4-3-5-10-16;/h3-5,9-10,17H,6-8,11-15H2,1-2H3,(H2,19,20,21);1H. The Labute approximate surface area is 163 Å². The number of hydrogen-bond acceptors (Lipinski definition) is 3. The van der Waals surface area contributed by atoms with Crippen LogP contribution in [0.2, 0.25) is 0 Å². The summed E-state index contributed by atoms with van der Waals surface area (Å²) in [5.74, 6) is 0.862. The third kappa shape index (κ3) is 6.94. The zero-order valence-electron chi connectivity index (χ0n) is 14.8. The SMILES string of the molecule is CN=C(NCCCOC)NCC(c1ccccc1)N1CCCC1.I. The van der Waals surface area contributed by atoms with E-state index < -0.39 is 0 Å². The lowest BCUT2D eigenvalue weighted by molar-refractivity contribution is 0.195. The van der Waals surface area contributed by atoms with Gasteiger partial charge < -0.3 is 15.4 Å². The fourth-order valence-electron chi connectivity index (χ4n) is 3.02. The van der Waals surface area contributed by atoms with E-state index in [4.69, 9.17) is 4.74 Å². The highest BCUT2D eigenvalue weighted by molar-refractivity contribution is 14.0. The van der Waals surface area contributed by atoms with Crippen molar-refractivity contribution in [3.63, 3.8) is 0 Å². The van der Waals surface area contributed by atoms with E-state index >= 15 is 0 Å². The van der Waals surface area contributed by atoms with Gasteiger partial charge in [0.25, 0.3) is 0 Å². The number of halogens is 1. The Morgan fingerprint density at radius 2 is 1.92 bits per heavy atom. The van der Waals surface area contributed by atoms with Crippen molar-refractivity contribution in [3.8, 4) is 0 Å². The quantitative estimate of drug-likeness (QED) is 0.279. The summed E-state index contributed by atoms with van der Waals surface area (Å²) in [5.41, 5.74) is 1.37. The fourth-order valence-corrected chi connectivity index (χ4v) is 3.02. The Morgan fingerprint density at radius 1 is 1.21 bits per heavy atom. The number of benzene rings is 1. The van der Waals surface area contributed by atoms with Gasteiger partial charge in [0.1, 0.15) is 0 Å². The molecule has 1 aromatic carbocycles. The number of aliphatic imine (C=N–C) groups is 1. The first kappa shape index (κ1) is 21.2. The van der Waals surface area contributed by atoms with E-state index in [0.29, 0.717) is 6.04 Å². The van der Waals surface area contributed by atoms with E-state index in [1.165, 1.54) is 31.5 Å². The van der Waals surface area contributed by atoms with Crippen molar-refractivity contribution in [2.45, 2.75) is 25.3 Å². The third-order valence-electron chi connectivity index (χ3n) is 4.27. The molecule has 1 unspecified atom stereocenters. The molecule has 24 heavy (non-hydrogen) atoms. The van der Waals surface area contributed by atoms with Crippen LogP contribution in [0.25, 0.3) is 0 Å². The Hall–Kier alpha value is -0.860. The first-order chi connectivity index (χ1) is 11.3. The van der Waals surface area contributed by atoms with Crippen LogP contribution in [-0.2, 0) is 4.74 Å². The zero-order chi connectivity index (χ0) is 16.3. The van der Waals surface area contributed by atoms with Crippen molar-refractivity contribution in [1.29, 1.82) is 0 Å². The zero-order valence-corrected chi connectivity index (χ0v) is 17.2. The average molecular weight is 446 g/mol.